The molecular weight excluding hydrogens is 262 g/mol. The van der Waals surface area contributed by atoms with Gasteiger partial charge in [-0.1, -0.05) is 27.7 Å². The van der Waals surface area contributed by atoms with Crippen molar-refractivity contribution in [3.05, 3.63) is 18.0 Å². The second-order valence-electron chi connectivity index (χ2n) is 6.23. The summed E-state index contributed by atoms with van der Waals surface area (Å²) in [4.78, 5) is 0. The average molecular weight is 293 g/mol. The maximum atomic E-state index is 5.95. The van der Waals surface area contributed by atoms with Crippen molar-refractivity contribution in [3.63, 3.8) is 0 Å². The van der Waals surface area contributed by atoms with Gasteiger partial charge in [0.1, 0.15) is 0 Å². The van der Waals surface area contributed by atoms with Gasteiger partial charge < -0.3 is 10.1 Å². The molecule has 2 rings (SSSR count). The topological polar surface area (TPSA) is 39.1 Å². The summed E-state index contributed by atoms with van der Waals surface area (Å²) >= 11 is 0. The molecule has 0 saturated carbocycles. The van der Waals surface area contributed by atoms with E-state index in [1.165, 1.54) is 12.1 Å². The first kappa shape index (κ1) is 16.5. The number of hydrogen-bond donors (Lipinski definition) is 1. The Morgan fingerprint density at radius 2 is 2.14 bits per heavy atom. The minimum Gasteiger partial charge on any atom is -0.376 e. The summed E-state index contributed by atoms with van der Waals surface area (Å²) < 4.78 is 8.09. The smallest absolute Gasteiger partial charge is 0.0758 e. The maximum Gasteiger partial charge on any atom is 0.0758 e. The van der Waals surface area contributed by atoms with Gasteiger partial charge in [0.2, 0.25) is 0 Å². The number of likely N-dealkylation sites (N-methyl/N-ethyl adjacent to an activating group) is 1. The van der Waals surface area contributed by atoms with E-state index in [0.717, 1.165) is 32.4 Å². The zero-order valence-corrected chi connectivity index (χ0v) is 14.0. The van der Waals surface area contributed by atoms with Crippen molar-refractivity contribution in [2.75, 3.05) is 13.2 Å². The molecule has 0 bridgehead atoms. The molecule has 1 aliphatic heterocycles. The van der Waals surface area contributed by atoms with E-state index in [0.29, 0.717) is 24.1 Å². The molecule has 0 aromatic carbocycles. The predicted molar refractivity (Wildman–Crippen MR) is 86.5 cm³/mol. The van der Waals surface area contributed by atoms with Gasteiger partial charge in [-0.05, 0) is 37.8 Å². The molecule has 2 heterocycles. The molecule has 21 heavy (non-hydrogen) atoms. The fraction of sp³-hybridized carbons (Fsp3) is 0.824. The van der Waals surface area contributed by atoms with Crippen LogP contribution in [-0.4, -0.2) is 35.1 Å². The fourth-order valence-corrected chi connectivity index (χ4v) is 3.38. The molecule has 1 N–H and O–H groups in total. The Labute approximate surface area is 129 Å². The first-order valence-electron chi connectivity index (χ1n) is 8.58. The first-order valence-corrected chi connectivity index (χ1v) is 8.58. The van der Waals surface area contributed by atoms with Crippen LogP contribution in [0.1, 0.15) is 58.7 Å². The van der Waals surface area contributed by atoms with Crippen molar-refractivity contribution >= 4 is 0 Å². The van der Waals surface area contributed by atoms with Crippen LogP contribution >= 0.6 is 0 Å². The number of aromatic nitrogens is 2. The van der Waals surface area contributed by atoms with Crippen LogP contribution in [0.3, 0.4) is 0 Å². The molecule has 1 saturated heterocycles. The van der Waals surface area contributed by atoms with Crippen molar-refractivity contribution in [2.24, 2.45) is 5.92 Å². The van der Waals surface area contributed by atoms with E-state index in [1.54, 1.807) is 0 Å². The third kappa shape index (κ3) is 4.07. The number of hydrogen-bond acceptors (Lipinski definition) is 3. The van der Waals surface area contributed by atoms with Gasteiger partial charge in [-0.3, -0.25) is 4.68 Å². The minimum atomic E-state index is 0.322. The Bertz CT molecular complexity index is 414. The molecule has 3 atom stereocenters. The molecule has 0 amide bonds. The van der Waals surface area contributed by atoms with E-state index in [1.807, 2.05) is 0 Å². The number of rotatable bonds is 8. The zero-order chi connectivity index (χ0) is 15.2. The van der Waals surface area contributed by atoms with Gasteiger partial charge in [0.15, 0.2) is 0 Å². The third-order valence-corrected chi connectivity index (χ3v) is 4.72. The zero-order valence-electron chi connectivity index (χ0n) is 14.0. The van der Waals surface area contributed by atoms with Crippen molar-refractivity contribution in [1.82, 2.24) is 15.1 Å². The maximum absolute atomic E-state index is 5.95. The Hall–Kier alpha value is -0.870. The van der Waals surface area contributed by atoms with Crippen LogP contribution in [0, 0.1) is 5.92 Å². The summed E-state index contributed by atoms with van der Waals surface area (Å²) in [7, 11) is 0. The number of ether oxygens (including phenoxy) is 1. The first-order chi connectivity index (χ1) is 10.2. The van der Waals surface area contributed by atoms with Crippen LogP contribution in [0.2, 0.25) is 0 Å². The van der Waals surface area contributed by atoms with Gasteiger partial charge in [0.25, 0.3) is 0 Å². The van der Waals surface area contributed by atoms with Gasteiger partial charge >= 0.3 is 0 Å². The molecule has 0 spiro atoms. The molecule has 1 aromatic rings. The van der Waals surface area contributed by atoms with Crippen molar-refractivity contribution in [3.8, 4) is 0 Å². The summed E-state index contributed by atoms with van der Waals surface area (Å²) in [5.74, 6) is 0.634. The monoisotopic (exact) mass is 293 g/mol. The highest BCUT2D eigenvalue weighted by Gasteiger charge is 2.32. The largest absolute Gasteiger partial charge is 0.376 e. The van der Waals surface area contributed by atoms with Crippen molar-refractivity contribution in [2.45, 2.75) is 71.6 Å². The molecule has 1 aromatic heterocycles. The third-order valence-electron chi connectivity index (χ3n) is 4.72. The van der Waals surface area contributed by atoms with E-state index in [2.05, 4.69) is 50.0 Å². The molecule has 120 valence electrons. The van der Waals surface area contributed by atoms with Gasteiger partial charge in [-0.2, -0.15) is 5.10 Å². The SMILES string of the molecule is CCNC(Cc1ccn(C(CC)CC)n1)C1OCCC1C. The second kappa shape index (κ2) is 7.95. The van der Waals surface area contributed by atoms with Crippen LogP contribution in [0.25, 0.3) is 0 Å². The summed E-state index contributed by atoms with van der Waals surface area (Å²) in [6.07, 6.45) is 6.86. The van der Waals surface area contributed by atoms with E-state index in [-0.39, 0.29) is 0 Å². The Kier molecular flexibility index (Phi) is 6.24. The van der Waals surface area contributed by atoms with Crippen LogP contribution < -0.4 is 5.32 Å². The lowest BCUT2D eigenvalue weighted by molar-refractivity contribution is 0.0611. The highest BCUT2D eigenvalue weighted by Crippen LogP contribution is 2.25. The molecule has 1 aliphatic rings. The Morgan fingerprint density at radius 3 is 2.71 bits per heavy atom. The lowest BCUT2D eigenvalue weighted by atomic mass is 9.94. The summed E-state index contributed by atoms with van der Waals surface area (Å²) in [5, 5.41) is 8.39. The second-order valence-corrected chi connectivity index (χ2v) is 6.23. The Balaban J connectivity index is 2.03. The predicted octanol–water partition coefficient (Wildman–Crippen LogP) is 3.19. The lowest BCUT2D eigenvalue weighted by Gasteiger charge is -2.26. The van der Waals surface area contributed by atoms with E-state index in [9.17, 15) is 0 Å². The summed E-state index contributed by atoms with van der Waals surface area (Å²) in [6, 6.07) is 3.07. The summed E-state index contributed by atoms with van der Waals surface area (Å²) in [6.45, 7) is 10.8. The molecule has 1 fully saturated rings. The van der Waals surface area contributed by atoms with Crippen LogP contribution in [0.5, 0.6) is 0 Å². The average Bonchev–Trinajstić information content (AvgIpc) is 3.09. The van der Waals surface area contributed by atoms with Gasteiger partial charge in [-0.25, -0.2) is 0 Å². The van der Waals surface area contributed by atoms with E-state index >= 15 is 0 Å². The van der Waals surface area contributed by atoms with Gasteiger partial charge in [0.05, 0.1) is 17.8 Å². The van der Waals surface area contributed by atoms with Gasteiger partial charge in [-0.15, -0.1) is 0 Å². The quantitative estimate of drug-likeness (QED) is 0.800. The molecule has 4 nitrogen and oxygen atoms in total. The highest BCUT2D eigenvalue weighted by atomic mass is 16.5. The minimum absolute atomic E-state index is 0.322. The van der Waals surface area contributed by atoms with Crippen molar-refractivity contribution in [1.29, 1.82) is 0 Å². The van der Waals surface area contributed by atoms with Crippen LogP contribution in [0.4, 0.5) is 0 Å². The molecule has 0 aliphatic carbocycles. The standard InChI is InChI=1S/C17H31N3O/c1-5-15(6-2)20-10-8-14(19-20)12-16(18-7-3)17-13(4)9-11-21-17/h8,10,13,15-18H,5-7,9,11-12H2,1-4H3. The number of nitrogens with one attached hydrogen (secondary N) is 1. The highest BCUT2D eigenvalue weighted by molar-refractivity contribution is 5.04. The van der Waals surface area contributed by atoms with E-state index < -0.39 is 0 Å². The molecule has 3 unspecified atom stereocenters. The molecule has 4 heteroatoms. The van der Waals surface area contributed by atoms with Crippen LogP contribution in [-0.2, 0) is 11.2 Å². The Morgan fingerprint density at radius 1 is 1.38 bits per heavy atom. The van der Waals surface area contributed by atoms with Crippen LogP contribution in [0.15, 0.2) is 12.3 Å². The van der Waals surface area contributed by atoms with E-state index in [4.69, 9.17) is 9.84 Å². The number of nitrogens with zero attached hydrogens (tertiary/aromatic N) is 2. The molecular formula is C17H31N3O. The van der Waals surface area contributed by atoms with Gasteiger partial charge in [0, 0.05) is 25.3 Å². The lowest BCUT2D eigenvalue weighted by Crippen LogP contribution is -2.43. The normalized spacial score (nSPS) is 23.9. The molecule has 0 radical (unpaired) electrons. The summed E-state index contributed by atoms with van der Waals surface area (Å²) in [5.41, 5.74) is 1.18. The fourth-order valence-electron chi connectivity index (χ4n) is 3.38. The van der Waals surface area contributed by atoms with Crippen molar-refractivity contribution < 1.29 is 4.74 Å².